The zero-order chi connectivity index (χ0) is 13.1. The second-order valence-corrected chi connectivity index (χ2v) is 5.89. The van der Waals surface area contributed by atoms with Crippen molar-refractivity contribution in [1.29, 1.82) is 0 Å². The van der Waals surface area contributed by atoms with E-state index >= 15 is 0 Å². The van der Waals surface area contributed by atoms with Gasteiger partial charge in [-0.3, -0.25) is 9.58 Å². The van der Waals surface area contributed by atoms with Crippen molar-refractivity contribution in [3.05, 3.63) is 18.0 Å². The van der Waals surface area contributed by atoms with E-state index in [0.29, 0.717) is 18.0 Å². The highest BCUT2D eigenvalue weighted by molar-refractivity contribution is 5.04. The molecule has 1 saturated heterocycles. The molecule has 0 amide bonds. The molecule has 2 heterocycles. The Bertz CT molecular complexity index is 372. The first-order valence-electron chi connectivity index (χ1n) is 7.01. The minimum absolute atomic E-state index is 0.605. The average Bonchev–Trinajstić information content (AvgIpc) is 2.72. The zero-order valence-electron chi connectivity index (χ0n) is 12.1. The molecule has 0 radical (unpaired) electrons. The van der Waals surface area contributed by atoms with Crippen molar-refractivity contribution in [3.8, 4) is 0 Å². The van der Waals surface area contributed by atoms with Gasteiger partial charge in [0.15, 0.2) is 0 Å². The lowest BCUT2D eigenvalue weighted by Gasteiger charge is -2.41. The minimum atomic E-state index is 0.605. The predicted octanol–water partition coefficient (Wildman–Crippen LogP) is 1.28. The quantitative estimate of drug-likeness (QED) is 0.874. The van der Waals surface area contributed by atoms with Gasteiger partial charge in [0.1, 0.15) is 0 Å². The third-order valence-corrected chi connectivity index (χ3v) is 3.87. The SMILES string of the molecule is CC1CN(CCc2cnn(C)c2)C(C(C)C)CN1. The van der Waals surface area contributed by atoms with Crippen LogP contribution in [0.3, 0.4) is 0 Å². The van der Waals surface area contributed by atoms with Crippen LogP contribution in [0.25, 0.3) is 0 Å². The number of hydrogen-bond acceptors (Lipinski definition) is 3. The molecule has 0 saturated carbocycles. The third-order valence-electron chi connectivity index (χ3n) is 3.87. The van der Waals surface area contributed by atoms with Crippen LogP contribution < -0.4 is 5.32 Å². The van der Waals surface area contributed by atoms with Crippen LogP contribution in [0.15, 0.2) is 12.4 Å². The number of aromatic nitrogens is 2. The third kappa shape index (κ3) is 3.33. The van der Waals surface area contributed by atoms with Gasteiger partial charge < -0.3 is 5.32 Å². The van der Waals surface area contributed by atoms with E-state index in [-0.39, 0.29) is 0 Å². The Hall–Kier alpha value is -0.870. The van der Waals surface area contributed by atoms with Gasteiger partial charge >= 0.3 is 0 Å². The van der Waals surface area contributed by atoms with Crippen molar-refractivity contribution in [2.45, 2.75) is 39.3 Å². The number of hydrogen-bond donors (Lipinski definition) is 1. The van der Waals surface area contributed by atoms with Crippen LogP contribution in [0.5, 0.6) is 0 Å². The van der Waals surface area contributed by atoms with Crippen LogP contribution in [0.4, 0.5) is 0 Å². The van der Waals surface area contributed by atoms with E-state index in [4.69, 9.17) is 0 Å². The predicted molar refractivity (Wildman–Crippen MR) is 74.6 cm³/mol. The number of nitrogens with one attached hydrogen (secondary N) is 1. The van der Waals surface area contributed by atoms with E-state index in [1.165, 1.54) is 5.56 Å². The Morgan fingerprint density at radius 2 is 2.28 bits per heavy atom. The van der Waals surface area contributed by atoms with Gasteiger partial charge in [0.2, 0.25) is 0 Å². The van der Waals surface area contributed by atoms with Crippen molar-refractivity contribution in [1.82, 2.24) is 20.0 Å². The van der Waals surface area contributed by atoms with Crippen molar-refractivity contribution in [3.63, 3.8) is 0 Å². The van der Waals surface area contributed by atoms with E-state index in [0.717, 1.165) is 26.1 Å². The van der Waals surface area contributed by atoms with E-state index in [1.807, 2.05) is 17.9 Å². The molecule has 18 heavy (non-hydrogen) atoms. The highest BCUT2D eigenvalue weighted by Gasteiger charge is 2.27. The molecule has 1 fully saturated rings. The first kappa shape index (κ1) is 13.6. The zero-order valence-corrected chi connectivity index (χ0v) is 12.1. The largest absolute Gasteiger partial charge is 0.311 e. The highest BCUT2D eigenvalue weighted by Crippen LogP contribution is 2.15. The van der Waals surface area contributed by atoms with Crippen molar-refractivity contribution in [2.75, 3.05) is 19.6 Å². The average molecular weight is 250 g/mol. The summed E-state index contributed by atoms with van der Waals surface area (Å²) < 4.78 is 1.88. The van der Waals surface area contributed by atoms with Crippen LogP contribution in [-0.4, -0.2) is 46.4 Å². The van der Waals surface area contributed by atoms with Crippen molar-refractivity contribution in [2.24, 2.45) is 13.0 Å². The number of rotatable bonds is 4. The molecule has 0 bridgehead atoms. The summed E-state index contributed by atoms with van der Waals surface area (Å²) in [5.74, 6) is 0.707. The maximum atomic E-state index is 4.24. The molecule has 2 rings (SSSR count). The number of nitrogens with zero attached hydrogens (tertiary/aromatic N) is 3. The molecule has 1 aromatic heterocycles. The van der Waals surface area contributed by atoms with Crippen LogP contribution in [-0.2, 0) is 13.5 Å². The summed E-state index contributed by atoms with van der Waals surface area (Å²) in [5, 5.41) is 7.82. The molecule has 0 aliphatic carbocycles. The first-order valence-corrected chi connectivity index (χ1v) is 7.01. The second-order valence-electron chi connectivity index (χ2n) is 5.89. The summed E-state index contributed by atoms with van der Waals surface area (Å²) in [6.07, 6.45) is 5.20. The fraction of sp³-hybridized carbons (Fsp3) is 0.786. The lowest BCUT2D eigenvalue weighted by Crippen LogP contribution is -2.57. The topological polar surface area (TPSA) is 33.1 Å². The Morgan fingerprint density at radius 3 is 2.89 bits per heavy atom. The van der Waals surface area contributed by atoms with Crippen LogP contribution in [0.2, 0.25) is 0 Å². The van der Waals surface area contributed by atoms with E-state index in [9.17, 15) is 0 Å². The maximum absolute atomic E-state index is 4.24. The van der Waals surface area contributed by atoms with Crippen LogP contribution in [0, 0.1) is 5.92 Å². The first-order chi connectivity index (χ1) is 8.56. The number of piperazine rings is 1. The molecule has 4 heteroatoms. The Balaban J connectivity index is 1.92. The smallest absolute Gasteiger partial charge is 0.0522 e. The Kier molecular flexibility index (Phi) is 4.40. The molecule has 1 N–H and O–H groups in total. The van der Waals surface area contributed by atoms with Gasteiger partial charge in [0.25, 0.3) is 0 Å². The normalized spacial score (nSPS) is 25.8. The minimum Gasteiger partial charge on any atom is -0.311 e. The van der Waals surface area contributed by atoms with Crippen molar-refractivity contribution >= 4 is 0 Å². The fourth-order valence-electron chi connectivity index (χ4n) is 2.79. The molecule has 0 spiro atoms. The summed E-state index contributed by atoms with van der Waals surface area (Å²) in [7, 11) is 1.98. The molecule has 102 valence electrons. The Labute approximate surface area is 110 Å². The summed E-state index contributed by atoms with van der Waals surface area (Å²) in [5.41, 5.74) is 1.34. The molecule has 0 aromatic carbocycles. The summed E-state index contributed by atoms with van der Waals surface area (Å²) in [6.45, 7) is 10.3. The fourth-order valence-corrected chi connectivity index (χ4v) is 2.79. The van der Waals surface area contributed by atoms with E-state index in [1.54, 1.807) is 0 Å². The summed E-state index contributed by atoms with van der Waals surface area (Å²) >= 11 is 0. The van der Waals surface area contributed by atoms with Gasteiger partial charge in [-0.2, -0.15) is 5.10 Å². The van der Waals surface area contributed by atoms with Gasteiger partial charge in [-0.15, -0.1) is 0 Å². The standard InChI is InChI=1S/C14H26N4/c1-11(2)14-8-15-12(3)9-18(14)6-5-13-7-16-17(4)10-13/h7,10-12,14-15H,5-6,8-9H2,1-4H3. The van der Waals surface area contributed by atoms with Crippen LogP contribution in [0.1, 0.15) is 26.3 Å². The van der Waals surface area contributed by atoms with Gasteiger partial charge in [-0.25, -0.2) is 0 Å². The molecule has 1 aliphatic rings. The van der Waals surface area contributed by atoms with E-state index < -0.39 is 0 Å². The molecule has 1 aromatic rings. The van der Waals surface area contributed by atoms with Gasteiger partial charge in [-0.1, -0.05) is 13.8 Å². The maximum Gasteiger partial charge on any atom is 0.0522 e. The van der Waals surface area contributed by atoms with Gasteiger partial charge in [0.05, 0.1) is 6.20 Å². The van der Waals surface area contributed by atoms with Gasteiger partial charge in [-0.05, 0) is 24.8 Å². The summed E-state index contributed by atoms with van der Waals surface area (Å²) in [6, 6.07) is 1.27. The van der Waals surface area contributed by atoms with E-state index in [2.05, 4.69) is 42.3 Å². The number of aryl methyl sites for hydroxylation is 1. The lowest BCUT2D eigenvalue weighted by atomic mass is 9.98. The van der Waals surface area contributed by atoms with Crippen LogP contribution >= 0.6 is 0 Å². The molecule has 4 nitrogen and oxygen atoms in total. The summed E-state index contributed by atoms with van der Waals surface area (Å²) in [4.78, 5) is 2.64. The molecule has 2 atom stereocenters. The Morgan fingerprint density at radius 1 is 1.50 bits per heavy atom. The lowest BCUT2D eigenvalue weighted by molar-refractivity contribution is 0.104. The molecule has 2 unspecified atom stereocenters. The monoisotopic (exact) mass is 250 g/mol. The molecular weight excluding hydrogens is 224 g/mol. The highest BCUT2D eigenvalue weighted by atomic mass is 15.2. The molecular formula is C14H26N4. The second kappa shape index (κ2) is 5.85. The molecule has 1 aliphatic heterocycles. The van der Waals surface area contributed by atoms with Gasteiger partial charge in [0, 0.05) is 45.0 Å². The van der Waals surface area contributed by atoms with Crippen molar-refractivity contribution < 1.29 is 0 Å².